The van der Waals surface area contributed by atoms with Crippen molar-refractivity contribution in [1.29, 1.82) is 0 Å². The Balaban J connectivity index is 1.47. The second-order valence-corrected chi connectivity index (χ2v) is 6.88. The number of carbonyl (C=O) groups excluding carboxylic acids is 2. The van der Waals surface area contributed by atoms with Crippen LogP contribution in [0.3, 0.4) is 0 Å². The molecule has 0 bridgehead atoms. The number of amides is 1. The first kappa shape index (κ1) is 20.1. The van der Waals surface area contributed by atoms with Crippen LogP contribution in [0.25, 0.3) is 0 Å². The van der Waals surface area contributed by atoms with E-state index >= 15 is 0 Å². The van der Waals surface area contributed by atoms with Gasteiger partial charge in [-0.1, -0.05) is 23.7 Å². The van der Waals surface area contributed by atoms with Gasteiger partial charge < -0.3 is 20.5 Å². The Labute approximate surface area is 168 Å². The number of nitrogen functional groups attached to an aromatic ring is 1. The van der Waals surface area contributed by atoms with Crippen molar-refractivity contribution >= 4 is 34.9 Å². The van der Waals surface area contributed by atoms with Crippen molar-refractivity contribution in [3.63, 3.8) is 0 Å². The summed E-state index contributed by atoms with van der Waals surface area (Å²) in [5, 5.41) is 3.12. The number of esters is 1. The Kier molecular flexibility index (Phi) is 6.86. The minimum Gasteiger partial charge on any atom is -0.452 e. The zero-order valence-electron chi connectivity index (χ0n) is 15.3. The van der Waals surface area contributed by atoms with Gasteiger partial charge in [0.05, 0.1) is 18.8 Å². The van der Waals surface area contributed by atoms with Crippen LogP contribution in [0, 0.1) is 0 Å². The molecule has 8 heteroatoms. The molecular weight excluding hydrogens is 382 g/mol. The van der Waals surface area contributed by atoms with Gasteiger partial charge in [-0.25, -0.2) is 4.79 Å². The molecule has 148 valence electrons. The molecule has 0 unspecified atom stereocenters. The van der Waals surface area contributed by atoms with Gasteiger partial charge in [-0.2, -0.15) is 0 Å². The molecule has 3 N–H and O–H groups in total. The third kappa shape index (κ3) is 5.69. The lowest BCUT2D eigenvalue weighted by atomic mass is 10.2. The fourth-order valence-electron chi connectivity index (χ4n) is 2.84. The fraction of sp³-hybridized carbons (Fsp3) is 0.300. The Morgan fingerprint density at radius 3 is 2.54 bits per heavy atom. The highest BCUT2D eigenvalue weighted by molar-refractivity contribution is 6.31. The predicted molar refractivity (Wildman–Crippen MR) is 107 cm³/mol. The van der Waals surface area contributed by atoms with E-state index in [1.54, 1.807) is 0 Å². The highest BCUT2D eigenvalue weighted by Gasteiger charge is 2.14. The van der Waals surface area contributed by atoms with Crippen molar-refractivity contribution in [2.75, 3.05) is 44.0 Å². The number of hydrogen-bond acceptors (Lipinski definition) is 6. The number of nitrogens with zero attached hydrogens (tertiary/aromatic N) is 1. The maximum absolute atomic E-state index is 12.0. The molecule has 1 aliphatic heterocycles. The van der Waals surface area contributed by atoms with Crippen molar-refractivity contribution in [1.82, 2.24) is 4.90 Å². The summed E-state index contributed by atoms with van der Waals surface area (Å²) in [7, 11) is 0. The molecule has 1 heterocycles. The summed E-state index contributed by atoms with van der Waals surface area (Å²) in [4.78, 5) is 26.4. The highest BCUT2D eigenvalue weighted by Crippen LogP contribution is 2.19. The number of ether oxygens (including phenoxy) is 2. The van der Waals surface area contributed by atoms with E-state index in [2.05, 4.69) is 10.2 Å². The largest absolute Gasteiger partial charge is 0.452 e. The van der Waals surface area contributed by atoms with E-state index in [0.29, 0.717) is 10.7 Å². The maximum atomic E-state index is 12.0. The Morgan fingerprint density at radius 2 is 1.86 bits per heavy atom. The quantitative estimate of drug-likeness (QED) is 0.568. The van der Waals surface area contributed by atoms with Crippen LogP contribution in [-0.4, -0.2) is 49.7 Å². The molecule has 7 nitrogen and oxygen atoms in total. The number of morpholine rings is 1. The van der Waals surface area contributed by atoms with Crippen molar-refractivity contribution in [2.24, 2.45) is 0 Å². The normalized spacial score (nSPS) is 14.5. The first-order valence-electron chi connectivity index (χ1n) is 8.92. The maximum Gasteiger partial charge on any atom is 0.340 e. The number of anilines is 2. The molecule has 0 aromatic heterocycles. The Hall–Kier alpha value is -2.61. The number of nitrogens with one attached hydrogen (secondary N) is 1. The third-order valence-corrected chi connectivity index (χ3v) is 4.55. The predicted octanol–water partition coefficient (Wildman–Crippen LogP) is 2.55. The van der Waals surface area contributed by atoms with E-state index in [1.807, 2.05) is 24.3 Å². The fourth-order valence-corrected chi connectivity index (χ4v) is 3.02. The molecule has 0 aliphatic carbocycles. The lowest BCUT2D eigenvalue weighted by Gasteiger charge is -2.26. The summed E-state index contributed by atoms with van der Waals surface area (Å²) < 4.78 is 10.4. The molecule has 0 radical (unpaired) electrons. The standard InChI is InChI=1S/C20H22ClN3O4/c21-15-3-6-17(18(22)11-15)20(26)28-13-19(25)23-16-4-1-14(2-5-16)12-24-7-9-27-10-8-24/h1-6,11H,7-10,12-13,22H2,(H,23,25). The molecule has 1 saturated heterocycles. The molecule has 2 aromatic rings. The first-order valence-corrected chi connectivity index (χ1v) is 9.30. The van der Waals surface area contributed by atoms with Crippen LogP contribution in [0.1, 0.15) is 15.9 Å². The van der Waals surface area contributed by atoms with Crippen molar-refractivity contribution in [3.05, 3.63) is 58.6 Å². The lowest BCUT2D eigenvalue weighted by Crippen LogP contribution is -2.35. The van der Waals surface area contributed by atoms with Gasteiger partial charge in [0.1, 0.15) is 0 Å². The molecule has 28 heavy (non-hydrogen) atoms. The molecule has 1 fully saturated rings. The van der Waals surface area contributed by atoms with Crippen molar-refractivity contribution in [2.45, 2.75) is 6.54 Å². The van der Waals surface area contributed by atoms with Crippen LogP contribution < -0.4 is 11.1 Å². The van der Waals surface area contributed by atoms with E-state index in [1.165, 1.54) is 18.2 Å². The summed E-state index contributed by atoms with van der Waals surface area (Å²) in [6.45, 7) is 3.79. The minimum atomic E-state index is -0.676. The lowest BCUT2D eigenvalue weighted by molar-refractivity contribution is -0.119. The highest BCUT2D eigenvalue weighted by atomic mass is 35.5. The Morgan fingerprint density at radius 1 is 1.14 bits per heavy atom. The number of nitrogens with two attached hydrogens (primary N) is 1. The van der Waals surface area contributed by atoms with Gasteiger partial charge in [-0.3, -0.25) is 9.69 Å². The second kappa shape index (κ2) is 9.54. The van der Waals surface area contributed by atoms with Crippen LogP contribution in [0.2, 0.25) is 5.02 Å². The number of carbonyl (C=O) groups is 2. The van der Waals surface area contributed by atoms with Crippen molar-refractivity contribution in [3.8, 4) is 0 Å². The molecule has 1 amide bonds. The molecular formula is C20H22ClN3O4. The summed E-state index contributed by atoms with van der Waals surface area (Å²) in [6.07, 6.45) is 0. The van der Waals surface area contributed by atoms with Gasteiger partial charge in [-0.15, -0.1) is 0 Å². The Bertz CT molecular complexity index is 836. The number of hydrogen-bond donors (Lipinski definition) is 2. The van der Waals surface area contributed by atoms with Crippen molar-refractivity contribution < 1.29 is 19.1 Å². The van der Waals surface area contributed by atoms with Crippen LogP contribution in [0.15, 0.2) is 42.5 Å². The van der Waals surface area contributed by atoms with E-state index in [0.717, 1.165) is 38.4 Å². The van der Waals surface area contributed by atoms with E-state index in [4.69, 9.17) is 26.8 Å². The topological polar surface area (TPSA) is 93.9 Å². The van der Waals surface area contributed by atoms with Crippen LogP contribution in [0.5, 0.6) is 0 Å². The van der Waals surface area contributed by atoms with Gasteiger partial charge in [0, 0.05) is 36.0 Å². The minimum absolute atomic E-state index is 0.171. The second-order valence-electron chi connectivity index (χ2n) is 6.44. The smallest absolute Gasteiger partial charge is 0.340 e. The van der Waals surface area contributed by atoms with E-state index in [-0.39, 0.29) is 11.3 Å². The number of halogens is 1. The number of benzene rings is 2. The summed E-state index contributed by atoms with van der Waals surface area (Å²) >= 11 is 5.80. The molecule has 3 rings (SSSR count). The summed E-state index contributed by atoms with van der Waals surface area (Å²) in [5.41, 5.74) is 7.90. The molecule has 2 aromatic carbocycles. The van der Waals surface area contributed by atoms with Gasteiger partial charge in [0.15, 0.2) is 6.61 Å². The average Bonchev–Trinajstić information content (AvgIpc) is 2.68. The third-order valence-electron chi connectivity index (χ3n) is 4.32. The first-order chi connectivity index (χ1) is 13.5. The molecule has 0 spiro atoms. The van der Waals surface area contributed by atoms with Crippen LogP contribution in [0.4, 0.5) is 11.4 Å². The van der Waals surface area contributed by atoms with Gasteiger partial charge in [-0.05, 0) is 35.9 Å². The van der Waals surface area contributed by atoms with Gasteiger partial charge in [0.25, 0.3) is 5.91 Å². The summed E-state index contributed by atoms with van der Waals surface area (Å²) in [6, 6.07) is 12.0. The van der Waals surface area contributed by atoms with E-state index in [9.17, 15) is 9.59 Å². The van der Waals surface area contributed by atoms with Gasteiger partial charge in [0.2, 0.25) is 0 Å². The van der Waals surface area contributed by atoms with Crippen LogP contribution >= 0.6 is 11.6 Å². The average molecular weight is 404 g/mol. The van der Waals surface area contributed by atoms with Crippen LogP contribution in [-0.2, 0) is 20.8 Å². The zero-order chi connectivity index (χ0) is 19.9. The molecule has 0 atom stereocenters. The SMILES string of the molecule is Nc1cc(Cl)ccc1C(=O)OCC(=O)Nc1ccc(CN2CCOCC2)cc1. The number of rotatable bonds is 6. The molecule has 1 aliphatic rings. The monoisotopic (exact) mass is 403 g/mol. The zero-order valence-corrected chi connectivity index (χ0v) is 16.1. The van der Waals surface area contributed by atoms with E-state index < -0.39 is 18.5 Å². The summed E-state index contributed by atoms with van der Waals surface area (Å²) in [5.74, 6) is -1.10. The molecule has 0 saturated carbocycles. The van der Waals surface area contributed by atoms with Gasteiger partial charge >= 0.3 is 5.97 Å².